The van der Waals surface area contributed by atoms with E-state index in [1.807, 2.05) is 42.6 Å². The summed E-state index contributed by atoms with van der Waals surface area (Å²) < 4.78 is 27.3. The molecule has 5 nitrogen and oxygen atoms in total. The fraction of sp³-hybridized carbons (Fsp3) is 0.158. The normalized spacial score (nSPS) is 11.3. The van der Waals surface area contributed by atoms with Crippen molar-refractivity contribution in [3.63, 3.8) is 0 Å². The topological polar surface area (TPSA) is 82.8 Å². The number of halogens is 1. The summed E-state index contributed by atoms with van der Waals surface area (Å²) in [6.07, 6.45) is 0.478. The van der Waals surface area contributed by atoms with Crippen LogP contribution in [0, 0.1) is 18.3 Å². The third-order valence-corrected chi connectivity index (χ3v) is 6.61. The van der Waals surface area contributed by atoms with E-state index in [0.29, 0.717) is 6.42 Å². The van der Waals surface area contributed by atoms with Gasteiger partial charge in [0.1, 0.15) is 11.1 Å². The standard InChI is InChI=1S/C19H16ClN3O2S2/c1-13-2-4-14(5-3-13)19-23-16(12-26-19)8-9-22-27(24,25)17-7-6-15(11-21)18(20)10-17/h2-7,10,12,22H,8-9H2,1H3. The Morgan fingerprint density at radius 3 is 2.63 bits per heavy atom. The van der Waals surface area contributed by atoms with Crippen molar-refractivity contribution in [1.82, 2.24) is 9.71 Å². The number of hydrogen-bond donors (Lipinski definition) is 1. The molecule has 0 radical (unpaired) electrons. The Kier molecular flexibility index (Phi) is 5.92. The molecule has 0 spiro atoms. The summed E-state index contributed by atoms with van der Waals surface area (Å²) in [5.41, 5.74) is 3.30. The van der Waals surface area contributed by atoms with Gasteiger partial charge in [-0.25, -0.2) is 18.1 Å². The Bertz CT molecular complexity index is 1100. The summed E-state index contributed by atoms with van der Waals surface area (Å²) in [4.78, 5) is 4.60. The van der Waals surface area contributed by atoms with Crippen molar-refractivity contribution in [3.8, 4) is 16.6 Å². The summed E-state index contributed by atoms with van der Waals surface area (Å²) in [6.45, 7) is 2.25. The maximum absolute atomic E-state index is 12.4. The summed E-state index contributed by atoms with van der Waals surface area (Å²) in [5, 5.41) is 11.8. The Morgan fingerprint density at radius 1 is 1.22 bits per heavy atom. The van der Waals surface area contributed by atoms with Gasteiger partial charge in [-0.15, -0.1) is 11.3 Å². The molecule has 0 bridgehead atoms. The molecule has 1 N–H and O–H groups in total. The van der Waals surface area contributed by atoms with Gasteiger partial charge in [0.15, 0.2) is 0 Å². The predicted octanol–water partition coefficient (Wildman–Crippen LogP) is 4.16. The minimum absolute atomic E-state index is 0.0325. The van der Waals surface area contributed by atoms with Crippen LogP contribution in [0.5, 0.6) is 0 Å². The number of thiazole rings is 1. The highest BCUT2D eigenvalue weighted by atomic mass is 35.5. The van der Waals surface area contributed by atoms with Crippen LogP contribution in [0.1, 0.15) is 16.8 Å². The molecule has 3 aromatic rings. The van der Waals surface area contributed by atoms with Crippen molar-refractivity contribution in [2.24, 2.45) is 0 Å². The lowest BCUT2D eigenvalue weighted by molar-refractivity contribution is 0.581. The maximum Gasteiger partial charge on any atom is 0.240 e. The summed E-state index contributed by atoms with van der Waals surface area (Å²) in [6, 6.07) is 14.1. The largest absolute Gasteiger partial charge is 0.241 e. The lowest BCUT2D eigenvalue weighted by Crippen LogP contribution is -2.26. The van der Waals surface area contributed by atoms with Gasteiger partial charge in [0.05, 0.1) is 21.2 Å². The predicted molar refractivity (Wildman–Crippen MR) is 107 cm³/mol. The molecule has 0 atom stereocenters. The first-order chi connectivity index (χ1) is 12.9. The van der Waals surface area contributed by atoms with Crippen LogP contribution in [0.3, 0.4) is 0 Å². The van der Waals surface area contributed by atoms with Gasteiger partial charge in [-0.05, 0) is 25.1 Å². The molecule has 1 heterocycles. The second-order valence-electron chi connectivity index (χ2n) is 5.91. The monoisotopic (exact) mass is 417 g/mol. The molecule has 0 aliphatic rings. The van der Waals surface area contributed by atoms with Crippen molar-refractivity contribution < 1.29 is 8.42 Å². The third kappa shape index (κ3) is 4.73. The van der Waals surface area contributed by atoms with E-state index in [-0.39, 0.29) is 22.0 Å². The molecule has 138 valence electrons. The molecular weight excluding hydrogens is 402 g/mol. The van der Waals surface area contributed by atoms with Gasteiger partial charge in [-0.1, -0.05) is 41.4 Å². The van der Waals surface area contributed by atoms with Gasteiger partial charge in [-0.3, -0.25) is 0 Å². The highest BCUT2D eigenvalue weighted by Gasteiger charge is 2.15. The quantitative estimate of drug-likeness (QED) is 0.652. The van der Waals surface area contributed by atoms with Crippen LogP contribution in [0.15, 0.2) is 52.7 Å². The lowest BCUT2D eigenvalue weighted by atomic mass is 10.2. The molecule has 1 aromatic heterocycles. The SMILES string of the molecule is Cc1ccc(-c2nc(CCNS(=O)(=O)c3ccc(C#N)c(Cl)c3)cs2)cc1. The van der Waals surface area contributed by atoms with Crippen molar-refractivity contribution in [2.45, 2.75) is 18.2 Å². The van der Waals surface area contributed by atoms with Crippen LogP contribution in [-0.4, -0.2) is 19.9 Å². The molecule has 0 aliphatic heterocycles. The molecule has 0 unspecified atom stereocenters. The molecule has 8 heteroatoms. The molecule has 0 aliphatic carbocycles. The first kappa shape index (κ1) is 19.5. The second kappa shape index (κ2) is 8.19. The minimum Gasteiger partial charge on any atom is -0.241 e. The first-order valence-corrected chi connectivity index (χ1v) is 10.8. The van der Waals surface area contributed by atoms with E-state index in [0.717, 1.165) is 16.3 Å². The Morgan fingerprint density at radius 2 is 1.96 bits per heavy atom. The Labute approximate surface area is 167 Å². The zero-order chi connectivity index (χ0) is 19.4. The highest BCUT2D eigenvalue weighted by Crippen LogP contribution is 2.24. The summed E-state index contributed by atoms with van der Waals surface area (Å²) >= 11 is 7.45. The zero-order valence-corrected chi connectivity index (χ0v) is 16.8. The number of nitrogens with one attached hydrogen (secondary N) is 1. The number of sulfonamides is 1. The average Bonchev–Trinajstić information content (AvgIpc) is 3.11. The van der Waals surface area contributed by atoms with Gasteiger partial charge in [-0.2, -0.15) is 5.26 Å². The van der Waals surface area contributed by atoms with Crippen LogP contribution in [0.2, 0.25) is 5.02 Å². The number of rotatable bonds is 6. The smallest absolute Gasteiger partial charge is 0.240 e. The summed E-state index contributed by atoms with van der Waals surface area (Å²) in [7, 11) is -3.70. The minimum atomic E-state index is -3.70. The van der Waals surface area contributed by atoms with E-state index < -0.39 is 10.0 Å². The van der Waals surface area contributed by atoms with E-state index >= 15 is 0 Å². The Balaban J connectivity index is 1.63. The van der Waals surface area contributed by atoms with Crippen LogP contribution >= 0.6 is 22.9 Å². The Hall–Kier alpha value is -2.24. The van der Waals surface area contributed by atoms with Crippen molar-refractivity contribution >= 4 is 33.0 Å². The second-order valence-corrected chi connectivity index (χ2v) is 8.94. The van der Waals surface area contributed by atoms with Crippen LogP contribution in [-0.2, 0) is 16.4 Å². The van der Waals surface area contributed by atoms with E-state index in [9.17, 15) is 8.42 Å². The van der Waals surface area contributed by atoms with Gasteiger partial charge < -0.3 is 0 Å². The number of nitriles is 1. The summed E-state index contributed by atoms with van der Waals surface area (Å²) in [5.74, 6) is 0. The van der Waals surface area contributed by atoms with E-state index in [1.165, 1.54) is 35.1 Å². The molecule has 2 aromatic carbocycles. The molecule has 0 saturated carbocycles. The van der Waals surface area contributed by atoms with Gasteiger partial charge in [0, 0.05) is 23.9 Å². The van der Waals surface area contributed by atoms with Crippen molar-refractivity contribution in [2.75, 3.05) is 6.54 Å². The van der Waals surface area contributed by atoms with Crippen LogP contribution < -0.4 is 4.72 Å². The first-order valence-electron chi connectivity index (χ1n) is 8.10. The van der Waals surface area contributed by atoms with Gasteiger partial charge in [0.25, 0.3) is 0 Å². The molecule has 0 amide bonds. The third-order valence-electron chi connectivity index (χ3n) is 3.89. The maximum atomic E-state index is 12.4. The van der Waals surface area contributed by atoms with E-state index in [2.05, 4.69) is 9.71 Å². The molecule has 0 saturated heterocycles. The lowest BCUT2D eigenvalue weighted by Gasteiger charge is -2.07. The average molecular weight is 418 g/mol. The molecule has 3 rings (SSSR count). The number of nitrogens with zero attached hydrogens (tertiary/aromatic N) is 2. The van der Waals surface area contributed by atoms with Crippen molar-refractivity contribution in [1.29, 1.82) is 5.26 Å². The zero-order valence-electron chi connectivity index (χ0n) is 14.4. The molecule has 27 heavy (non-hydrogen) atoms. The van der Waals surface area contributed by atoms with Gasteiger partial charge >= 0.3 is 0 Å². The van der Waals surface area contributed by atoms with Crippen LogP contribution in [0.4, 0.5) is 0 Å². The van der Waals surface area contributed by atoms with E-state index in [1.54, 1.807) is 0 Å². The fourth-order valence-corrected chi connectivity index (χ4v) is 4.61. The number of aromatic nitrogens is 1. The number of aryl methyl sites for hydroxylation is 1. The number of hydrogen-bond acceptors (Lipinski definition) is 5. The fourth-order valence-electron chi connectivity index (χ4n) is 2.40. The highest BCUT2D eigenvalue weighted by molar-refractivity contribution is 7.89. The van der Waals surface area contributed by atoms with E-state index in [4.69, 9.17) is 16.9 Å². The van der Waals surface area contributed by atoms with Crippen molar-refractivity contribution in [3.05, 3.63) is 69.7 Å². The molecular formula is C19H16ClN3O2S2. The molecule has 0 fully saturated rings. The van der Waals surface area contributed by atoms with Gasteiger partial charge in [0.2, 0.25) is 10.0 Å². The van der Waals surface area contributed by atoms with Crippen LogP contribution in [0.25, 0.3) is 10.6 Å². The number of benzene rings is 2.